The molecule has 3 N–H and O–H groups in total. The van der Waals surface area contributed by atoms with Crippen molar-refractivity contribution in [3.8, 4) is 5.75 Å². The number of piperidine rings is 1. The van der Waals surface area contributed by atoms with E-state index < -0.39 is 23.5 Å². The zero-order valence-electron chi connectivity index (χ0n) is 20.2. The van der Waals surface area contributed by atoms with Gasteiger partial charge in [-0.3, -0.25) is 9.78 Å². The van der Waals surface area contributed by atoms with Crippen molar-refractivity contribution in [1.29, 1.82) is 0 Å². The first-order valence-corrected chi connectivity index (χ1v) is 13.1. The van der Waals surface area contributed by atoms with Gasteiger partial charge >= 0.3 is 5.97 Å². The summed E-state index contributed by atoms with van der Waals surface area (Å²) in [6.07, 6.45) is 3.88. The van der Waals surface area contributed by atoms with Crippen LogP contribution in [0.4, 0.5) is 8.78 Å². The van der Waals surface area contributed by atoms with E-state index in [2.05, 4.69) is 9.88 Å². The first-order valence-electron chi connectivity index (χ1n) is 12.1. The number of hydrogen-bond donors (Lipinski definition) is 2. The summed E-state index contributed by atoms with van der Waals surface area (Å²) in [5, 5.41) is 10.8. The maximum Gasteiger partial charge on any atom is 0.308 e. The van der Waals surface area contributed by atoms with Crippen molar-refractivity contribution >= 4 is 28.6 Å². The molecule has 1 fully saturated rings. The van der Waals surface area contributed by atoms with Crippen LogP contribution in [0.25, 0.3) is 10.9 Å². The van der Waals surface area contributed by atoms with Crippen LogP contribution >= 0.6 is 11.8 Å². The van der Waals surface area contributed by atoms with Crippen molar-refractivity contribution in [2.45, 2.75) is 30.2 Å². The number of likely N-dealkylation sites (tertiary alicyclic amines) is 1. The van der Waals surface area contributed by atoms with Gasteiger partial charge in [-0.2, -0.15) is 0 Å². The number of fused-ring (bicyclic) bond motifs is 1. The zero-order valence-corrected chi connectivity index (χ0v) is 21.0. The van der Waals surface area contributed by atoms with Gasteiger partial charge in [-0.25, -0.2) is 8.78 Å². The van der Waals surface area contributed by atoms with Gasteiger partial charge in [0.05, 0.1) is 18.5 Å². The lowest BCUT2D eigenvalue weighted by molar-refractivity contribution is -0.146. The van der Waals surface area contributed by atoms with Crippen LogP contribution in [0.1, 0.15) is 30.9 Å². The molecule has 1 aliphatic heterocycles. The maximum absolute atomic E-state index is 13.9. The fourth-order valence-electron chi connectivity index (χ4n) is 4.91. The number of aliphatic carboxylic acids is 1. The third kappa shape index (κ3) is 6.32. The number of carboxylic acids is 1. The molecule has 0 spiro atoms. The monoisotopic (exact) mass is 515 g/mol. The van der Waals surface area contributed by atoms with E-state index in [-0.39, 0.29) is 16.9 Å². The molecule has 1 saturated heterocycles. The lowest BCUT2D eigenvalue weighted by atomic mass is 9.81. The highest BCUT2D eigenvalue weighted by Gasteiger charge is 2.34. The van der Waals surface area contributed by atoms with Crippen molar-refractivity contribution < 1.29 is 23.4 Å². The third-order valence-electron chi connectivity index (χ3n) is 6.95. The smallest absolute Gasteiger partial charge is 0.308 e. The van der Waals surface area contributed by atoms with Gasteiger partial charge in [-0.1, -0.05) is 0 Å². The quantitative estimate of drug-likeness (QED) is 0.363. The Hall–Kier alpha value is -2.75. The Morgan fingerprint density at radius 2 is 2.11 bits per heavy atom. The van der Waals surface area contributed by atoms with Gasteiger partial charge in [0.25, 0.3) is 0 Å². The molecular weight excluding hydrogens is 484 g/mol. The van der Waals surface area contributed by atoms with E-state index in [1.807, 2.05) is 24.3 Å². The van der Waals surface area contributed by atoms with Gasteiger partial charge in [0.15, 0.2) is 0 Å². The van der Waals surface area contributed by atoms with Crippen molar-refractivity contribution in [1.82, 2.24) is 9.88 Å². The number of rotatable bonds is 10. The average molecular weight is 516 g/mol. The number of hydrogen-bond acceptors (Lipinski definition) is 6. The molecule has 1 aromatic heterocycles. The minimum atomic E-state index is -0.804. The number of halogens is 2. The highest BCUT2D eigenvalue weighted by atomic mass is 32.2. The second-order valence-electron chi connectivity index (χ2n) is 9.18. The highest BCUT2D eigenvalue weighted by Crippen LogP contribution is 2.33. The van der Waals surface area contributed by atoms with Crippen LogP contribution in [0, 0.1) is 23.5 Å². The summed E-state index contributed by atoms with van der Waals surface area (Å²) in [4.78, 5) is 18.9. The third-order valence-corrected chi connectivity index (χ3v) is 7.96. The molecule has 0 saturated carbocycles. The van der Waals surface area contributed by atoms with E-state index in [4.69, 9.17) is 10.5 Å². The van der Waals surface area contributed by atoms with Crippen molar-refractivity contribution in [2.24, 2.45) is 17.6 Å². The summed E-state index contributed by atoms with van der Waals surface area (Å²) >= 11 is 1.25. The normalized spacial score (nSPS) is 19.3. The molecule has 0 bridgehead atoms. The Kier molecular flexibility index (Phi) is 8.77. The van der Waals surface area contributed by atoms with Crippen LogP contribution in [0.2, 0.25) is 0 Å². The van der Waals surface area contributed by atoms with Crippen LogP contribution in [-0.4, -0.2) is 53.5 Å². The van der Waals surface area contributed by atoms with E-state index in [1.54, 1.807) is 13.3 Å². The lowest BCUT2D eigenvalue weighted by Crippen LogP contribution is -2.44. The summed E-state index contributed by atoms with van der Waals surface area (Å²) < 4.78 is 32.6. The Balaban J connectivity index is 1.33. The van der Waals surface area contributed by atoms with Crippen LogP contribution in [0.15, 0.2) is 53.6 Å². The number of aromatic nitrogens is 1. The van der Waals surface area contributed by atoms with Crippen LogP contribution in [0.5, 0.6) is 5.75 Å². The first-order chi connectivity index (χ1) is 17.4. The molecule has 2 heterocycles. The van der Waals surface area contributed by atoms with Crippen molar-refractivity contribution in [2.75, 3.05) is 32.5 Å². The Labute approximate surface area is 213 Å². The number of carboxylic acid groups (broad SMARTS) is 1. The van der Waals surface area contributed by atoms with Gasteiger partial charge in [0, 0.05) is 41.4 Å². The zero-order chi connectivity index (χ0) is 25.7. The number of carbonyl (C=O) groups is 1. The Bertz CT molecular complexity index is 1210. The summed E-state index contributed by atoms with van der Waals surface area (Å²) in [7, 11) is 1.62. The van der Waals surface area contributed by atoms with E-state index in [9.17, 15) is 18.7 Å². The molecule has 36 heavy (non-hydrogen) atoms. The second kappa shape index (κ2) is 12.0. The molecule has 9 heteroatoms. The Morgan fingerprint density at radius 1 is 1.28 bits per heavy atom. The molecule has 3 atom stereocenters. The van der Waals surface area contributed by atoms with Gasteiger partial charge in [-0.05, 0) is 79.8 Å². The average Bonchev–Trinajstić information content (AvgIpc) is 2.88. The standard InChI is InChI=1S/C27H31F2N3O3S/c1-35-19-4-7-25-21(15-19)20(8-10-31-25)24(30)6-2-17-9-11-32(16-22(17)27(33)34)12-13-36-26-14-18(28)3-5-23(26)29/h3-5,7-8,10,14-15,17,22,24H,2,6,9,11-13,16,30H2,1H3,(H,33,34)/t17-,22+,24?/m1/s1. The number of nitrogens with two attached hydrogens (primary N) is 1. The van der Waals surface area contributed by atoms with Gasteiger partial charge in [0.1, 0.15) is 17.4 Å². The predicted octanol–water partition coefficient (Wildman–Crippen LogP) is 5.12. The molecule has 3 aromatic rings. The fraction of sp³-hybridized carbons (Fsp3) is 0.407. The van der Waals surface area contributed by atoms with E-state index >= 15 is 0 Å². The van der Waals surface area contributed by atoms with Crippen molar-refractivity contribution in [3.05, 3.63) is 65.9 Å². The molecule has 192 valence electrons. The number of nitrogens with zero attached hydrogens (tertiary/aromatic N) is 2. The second-order valence-corrected chi connectivity index (χ2v) is 10.3. The van der Waals surface area contributed by atoms with E-state index in [1.165, 1.54) is 17.8 Å². The van der Waals surface area contributed by atoms with Crippen LogP contribution < -0.4 is 10.5 Å². The minimum Gasteiger partial charge on any atom is -0.497 e. The lowest BCUT2D eigenvalue weighted by Gasteiger charge is -2.37. The van der Waals surface area contributed by atoms with Crippen molar-refractivity contribution in [3.63, 3.8) is 0 Å². The summed E-state index contributed by atoms with van der Waals surface area (Å²) in [6, 6.07) is 10.8. The molecule has 6 nitrogen and oxygen atoms in total. The van der Waals surface area contributed by atoms with Crippen LogP contribution in [0.3, 0.4) is 0 Å². The Morgan fingerprint density at radius 3 is 2.89 bits per heavy atom. The highest BCUT2D eigenvalue weighted by molar-refractivity contribution is 7.99. The molecule has 2 aromatic carbocycles. The summed E-state index contributed by atoms with van der Waals surface area (Å²) in [5.74, 6) is -0.886. The van der Waals surface area contributed by atoms with Crippen LogP contribution in [-0.2, 0) is 4.79 Å². The number of methoxy groups -OCH3 is 1. The molecular formula is C27H31F2N3O3S. The topological polar surface area (TPSA) is 88.7 Å². The summed E-state index contributed by atoms with van der Waals surface area (Å²) in [6.45, 7) is 1.82. The molecule has 0 aliphatic carbocycles. The SMILES string of the molecule is COc1ccc2nccc(C(N)CC[C@@H]3CCN(CCSc4cc(F)ccc4F)C[C@@H]3C(=O)O)c2c1. The fourth-order valence-corrected chi connectivity index (χ4v) is 5.89. The minimum absolute atomic E-state index is 0.0285. The van der Waals surface area contributed by atoms with E-state index in [0.717, 1.165) is 47.3 Å². The van der Waals surface area contributed by atoms with Gasteiger partial charge in [-0.15, -0.1) is 11.8 Å². The first kappa shape index (κ1) is 26.3. The van der Waals surface area contributed by atoms with Gasteiger partial charge in [0.2, 0.25) is 0 Å². The largest absolute Gasteiger partial charge is 0.497 e. The molecule has 0 radical (unpaired) electrons. The van der Waals surface area contributed by atoms with E-state index in [0.29, 0.717) is 31.7 Å². The summed E-state index contributed by atoms with van der Waals surface area (Å²) in [5.41, 5.74) is 8.40. The molecule has 0 amide bonds. The molecule has 1 unspecified atom stereocenters. The number of pyridine rings is 1. The van der Waals surface area contributed by atoms with Gasteiger partial charge < -0.3 is 20.5 Å². The maximum atomic E-state index is 13.9. The molecule has 4 rings (SSSR count). The molecule has 1 aliphatic rings. The number of ether oxygens (including phenoxy) is 1. The number of benzene rings is 2. The predicted molar refractivity (Wildman–Crippen MR) is 137 cm³/mol. The number of thioether (sulfide) groups is 1.